The van der Waals surface area contributed by atoms with Gasteiger partial charge in [-0.15, -0.1) is 6.58 Å². The molecule has 0 unspecified atom stereocenters. The third-order valence-electron chi connectivity index (χ3n) is 2.48. The molecule has 4 nitrogen and oxygen atoms in total. The molecule has 1 amide bonds. The smallest absolute Gasteiger partial charge is 0.255 e. The molecule has 19 heavy (non-hydrogen) atoms. The number of carbonyl (C=O) groups excluding carboxylic acids is 1. The van der Waals surface area contributed by atoms with Gasteiger partial charge in [0.1, 0.15) is 0 Å². The molecule has 0 saturated heterocycles. The Morgan fingerprint density at radius 3 is 2.79 bits per heavy atom. The summed E-state index contributed by atoms with van der Waals surface area (Å²) in [6, 6.07) is 3.02. The standard InChI is InChI=1S/C13H16Cl2N2O2/c1-3-4-17(5-6-19-2)13(18)10-7-9(16)8-11(14)12(10)15/h3,7-8H,1,4-6,16H2,2H3. The Hall–Kier alpha value is -1.23. The Kier molecular flexibility index (Phi) is 6.15. The molecule has 0 spiro atoms. The molecular weight excluding hydrogens is 287 g/mol. The molecular formula is C13H16Cl2N2O2. The maximum Gasteiger partial charge on any atom is 0.255 e. The molecule has 0 aromatic heterocycles. The van der Waals surface area contributed by atoms with Gasteiger partial charge in [0.2, 0.25) is 0 Å². The second-order valence-electron chi connectivity index (χ2n) is 3.90. The van der Waals surface area contributed by atoms with Gasteiger partial charge in [-0.25, -0.2) is 0 Å². The molecule has 1 aromatic carbocycles. The Bertz CT molecular complexity index is 478. The summed E-state index contributed by atoms with van der Waals surface area (Å²) in [7, 11) is 1.57. The van der Waals surface area contributed by atoms with Gasteiger partial charge in [-0.05, 0) is 12.1 Å². The van der Waals surface area contributed by atoms with Gasteiger partial charge in [-0.2, -0.15) is 0 Å². The minimum absolute atomic E-state index is 0.201. The van der Waals surface area contributed by atoms with Crippen molar-refractivity contribution in [3.8, 4) is 0 Å². The lowest BCUT2D eigenvalue weighted by Gasteiger charge is -2.21. The van der Waals surface area contributed by atoms with Crippen molar-refractivity contribution in [3.05, 3.63) is 40.4 Å². The molecule has 0 heterocycles. The summed E-state index contributed by atoms with van der Waals surface area (Å²) >= 11 is 12.0. The fourth-order valence-corrected chi connectivity index (χ4v) is 1.99. The highest BCUT2D eigenvalue weighted by molar-refractivity contribution is 6.44. The second kappa shape index (κ2) is 7.38. The van der Waals surface area contributed by atoms with Gasteiger partial charge in [0, 0.05) is 25.9 Å². The lowest BCUT2D eigenvalue weighted by atomic mass is 10.1. The summed E-state index contributed by atoms with van der Waals surface area (Å²) in [5, 5.41) is 0.461. The summed E-state index contributed by atoms with van der Waals surface area (Å²) in [6.45, 7) is 4.88. The largest absolute Gasteiger partial charge is 0.399 e. The van der Waals surface area contributed by atoms with Crippen LogP contribution in [0.5, 0.6) is 0 Å². The quantitative estimate of drug-likeness (QED) is 0.649. The van der Waals surface area contributed by atoms with E-state index in [9.17, 15) is 4.79 Å². The number of methoxy groups -OCH3 is 1. The van der Waals surface area contributed by atoms with Crippen LogP contribution in [0.25, 0.3) is 0 Å². The van der Waals surface area contributed by atoms with Crippen LogP contribution in [0, 0.1) is 0 Å². The number of benzene rings is 1. The fourth-order valence-electron chi connectivity index (χ4n) is 1.57. The summed E-state index contributed by atoms with van der Waals surface area (Å²) < 4.78 is 4.97. The molecule has 0 fully saturated rings. The molecule has 1 aromatic rings. The first kappa shape index (κ1) is 15.8. The summed E-state index contributed by atoms with van der Waals surface area (Å²) in [4.78, 5) is 14.0. The van der Waals surface area contributed by atoms with Crippen molar-refractivity contribution in [2.75, 3.05) is 32.5 Å². The van der Waals surface area contributed by atoms with E-state index in [0.717, 1.165) is 0 Å². The predicted molar refractivity (Wildman–Crippen MR) is 78.9 cm³/mol. The first-order valence-electron chi connectivity index (χ1n) is 5.64. The van der Waals surface area contributed by atoms with Crippen LogP contribution in [0.2, 0.25) is 10.0 Å². The predicted octanol–water partition coefficient (Wildman–Crippen LogP) is 2.85. The number of carbonyl (C=O) groups is 1. The van der Waals surface area contributed by atoms with Gasteiger partial charge < -0.3 is 15.4 Å². The number of hydrogen-bond donors (Lipinski definition) is 1. The van der Waals surface area contributed by atoms with Crippen molar-refractivity contribution in [2.45, 2.75) is 0 Å². The lowest BCUT2D eigenvalue weighted by Crippen LogP contribution is -2.34. The van der Waals surface area contributed by atoms with Gasteiger partial charge >= 0.3 is 0 Å². The lowest BCUT2D eigenvalue weighted by molar-refractivity contribution is 0.0718. The molecule has 1 rings (SSSR count). The molecule has 0 atom stereocenters. The van der Waals surface area contributed by atoms with E-state index in [1.54, 1.807) is 18.1 Å². The van der Waals surface area contributed by atoms with Crippen molar-refractivity contribution < 1.29 is 9.53 Å². The van der Waals surface area contributed by atoms with Crippen molar-refractivity contribution in [3.63, 3.8) is 0 Å². The van der Waals surface area contributed by atoms with Crippen molar-refractivity contribution >= 4 is 34.8 Å². The summed E-state index contributed by atoms with van der Waals surface area (Å²) in [6.07, 6.45) is 1.63. The van der Waals surface area contributed by atoms with Crippen LogP contribution >= 0.6 is 23.2 Å². The number of hydrogen-bond acceptors (Lipinski definition) is 3. The highest BCUT2D eigenvalue weighted by atomic mass is 35.5. The topological polar surface area (TPSA) is 55.6 Å². The monoisotopic (exact) mass is 302 g/mol. The van der Waals surface area contributed by atoms with E-state index in [1.807, 2.05) is 0 Å². The van der Waals surface area contributed by atoms with Crippen LogP contribution in [0.15, 0.2) is 24.8 Å². The number of anilines is 1. The number of nitrogens with zero attached hydrogens (tertiary/aromatic N) is 1. The van der Waals surface area contributed by atoms with Crippen LogP contribution in [0.3, 0.4) is 0 Å². The average Bonchev–Trinajstić information content (AvgIpc) is 2.38. The fraction of sp³-hybridized carbons (Fsp3) is 0.308. The zero-order valence-corrected chi connectivity index (χ0v) is 12.2. The van der Waals surface area contributed by atoms with Crippen molar-refractivity contribution in [2.24, 2.45) is 0 Å². The maximum absolute atomic E-state index is 12.4. The number of nitrogen functional groups attached to an aromatic ring is 1. The van der Waals surface area contributed by atoms with Crippen molar-refractivity contribution in [1.29, 1.82) is 0 Å². The summed E-state index contributed by atoms with van der Waals surface area (Å²) in [5.74, 6) is -0.254. The molecule has 0 aliphatic rings. The van der Waals surface area contributed by atoms with E-state index in [2.05, 4.69) is 6.58 Å². The normalized spacial score (nSPS) is 10.3. The highest BCUT2D eigenvalue weighted by Crippen LogP contribution is 2.29. The van der Waals surface area contributed by atoms with Crippen molar-refractivity contribution in [1.82, 2.24) is 4.90 Å². The zero-order chi connectivity index (χ0) is 14.4. The first-order valence-corrected chi connectivity index (χ1v) is 6.40. The van der Waals surface area contributed by atoms with Crippen LogP contribution < -0.4 is 5.73 Å². The molecule has 0 aliphatic carbocycles. The summed E-state index contributed by atoms with van der Waals surface area (Å²) in [5.41, 5.74) is 6.36. The highest BCUT2D eigenvalue weighted by Gasteiger charge is 2.19. The molecule has 6 heteroatoms. The number of amides is 1. The number of ether oxygens (including phenoxy) is 1. The Morgan fingerprint density at radius 1 is 1.53 bits per heavy atom. The zero-order valence-electron chi connectivity index (χ0n) is 10.7. The van der Waals surface area contributed by atoms with E-state index in [1.165, 1.54) is 12.1 Å². The van der Waals surface area contributed by atoms with E-state index in [0.29, 0.717) is 25.4 Å². The second-order valence-corrected chi connectivity index (χ2v) is 4.68. The SMILES string of the molecule is C=CCN(CCOC)C(=O)c1cc(N)cc(Cl)c1Cl. The van der Waals surface area contributed by atoms with E-state index in [-0.39, 0.29) is 21.5 Å². The molecule has 0 saturated carbocycles. The van der Waals surface area contributed by atoms with Gasteiger partial charge in [-0.3, -0.25) is 4.79 Å². The average molecular weight is 303 g/mol. The number of rotatable bonds is 6. The third-order valence-corrected chi connectivity index (χ3v) is 3.29. The van der Waals surface area contributed by atoms with Crippen LogP contribution in [-0.2, 0) is 4.74 Å². The molecule has 2 N–H and O–H groups in total. The number of nitrogens with two attached hydrogens (primary N) is 1. The molecule has 0 aliphatic heterocycles. The Labute approximate surface area is 122 Å². The van der Waals surface area contributed by atoms with E-state index in [4.69, 9.17) is 33.7 Å². The maximum atomic E-state index is 12.4. The molecule has 0 bridgehead atoms. The van der Waals surface area contributed by atoms with Gasteiger partial charge in [0.25, 0.3) is 5.91 Å². The van der Waals surface area contributed by atoms with E-state index >= 15 is 0 Å². The van der Waals surface area contributed by atoms with Crippen LogP contribution in [-0.4, -0.2) is 37.6 Å². The van der Waals surface area contributed by atoms with E-state index < -0.39 is 0 Å². The minimum Gasteiger partial charge on any atom is -0.399 e. The molecule has 104 valence electrons. The Morgan fingerprint density at radius 2 is 2.21 bits per heavy atom. The first-order chi connectivity index (χ1) is 9.01. The van der Waals surface area contributed by atoms with Crippen LogP contribution in [0.1, 0.15) is 10.4 Å². The molecule has 0 radical (unpaired) electrons. The van der Waals surface area contributed by atoms with Gasteiger partial charge in [0.15, 0.2) is 0 Å². The third kappa shape index (κ3) is 4.13. The minimum atomic E-state index is -0.254. The van der Waals surface area contributed by atoms with Crippen LogP contribution in [0.4, 0.5) is 5.69 Å². The van der Waals surface area contributed by atoms with Gasteiger partial charge in [-0.1, -0.05) is 29.3 Å². The number of halogens is 2. The Balaban J connectivity index is 3.05. The van der Waals surface area contributed by atoms with Gasteiger partial charge in [0.05, 0.1) is 22.2 Å².